The van der Waals surface area contributed by atoms with Crippen molar-refractivity contribution in [3.8, 4) is 0 Å². The van der Waals surface area contributed by atoms with E-state index in [0.717, 1.165) is 31.0 Å². The van der Waals surface area contributed by atoms with E-state index in [0.29, 0.717) is 16.5 Å². The highest BCUT2D eigenvalue weighted by molar-refractivity contribution is 8.00. The third-order valence-electron chi connectivity index (χ3n) is 2.76. The summed E-state index contributed by atoms with van der Waals surface area (Å²) in [5.74, 6) is -0.445. The van der Waals surface area contributed by atoms with Crippen molar-refractivity contribution in [1.29, 1.82) is 0 Å². The molecular weight excluding hydrogens is 236 g/mol. The first kappa shape index (κ1) is 12.3. The van der Waals surface area contributed by atoms with Crippen LogP contribution < -0.4 is 11.5 Å². The highest BCUT2D eigenvalue weighted by Crippen LogP contribution is 2.33. The van der Waals surface area contributed by atoms with Crippen molar-refractivity contribution in [2.45, 2.75) is 23.0 Å². The molecule has 1 aliphatic heterocycles. The van der Waals surface area contributed by atoms with Gasteiger partial charge >= 0.3 is 0 Å². The predicted molar refractivity (Wildman–Crippen MR) is 69.1 cm³/mol. The maximum atomic E-state index is 11.0. The van der Waals surface area contributed by atoms with E-state index in [4.69, 9.17) is 16.2 Å². The number of ether oxygens (including phenoxy) is 1. The van der Waals surface area contributed by atoms with Gasteiger partial charge in [-0.25, -0.2) is 0 Å². The molecule has 5 heteroatoms. The van der Waals surface area contributed by atoms with Crippen molar-refractivity contribution in [2.75, 3.05) is 18.9 Å². The second-order valence-corrected chi connectivity index (χ2v) is 5.39. The fourth-order valence-corrected chi connectivity index (χ4v) is 2.91. The maximum absolute atomic E-state index is 11.0. The van der Waals surface area contributed by atoms with E-state index in [1.54, 1.807) is 23.9 Å². The van der Waals surface area contributed by atoms with Gasteiger partial charge in [-0.05, 0) is 31.0 Å². The zero-order chi connectivity index (χ0) is 12.3. The number of hydrogen-bond donors (Lipinski definition) is 2. The van der Waals surface area contributed by atoms with Gasteiger partial charge in [0.15, 0.2) is 0 Å². The molecule has 2 rings (SSSR count). The van der Waals surface area contributed by atoms with Gasteiger partial charge in [0, 0.05) is 34.6 Å². The summed E-state index contributed by atoms with van der Waals surface area (Å²) in [4.78, 5) is 12.0. The van der Waals surface area contributed by atoms with Gasteiger partial charge in [0.05, 0.1) is 0 Å². The number of anilines is 1. The zero-order valence-electron chi connectivity index (χ0n) is 9.52. The van der Waals surface area contributed by atoms with Gasteiger partial charge < -0.3 is 16.2 Å². The van der Waals surface area contributed by atoms with Crippen LogP contribution in [-0.4, -0.2) is 24.4 Å². The van der Waals surface area contributed by atoms with Gasteiger partial charge in [-0.3, -0.25) is 4.79 Å². The average Bonchev–Trinajstić information content (AvgIpc) is 2.33. The van der Waals surface area contributed by atoms with Gasteiger partial charge in [0.1, 0.15) is 0 Å². The lowest BCUT2D eigenvalue weighted by Crippen LogP contribution is -2.17. The normalized spacial score (nSPS) is 16.9. The first-order valence-electron chi connectivity index (χ1n) is 5.60. The molecule has 4 nitrogen and oxygen atoms in total. The average molecular weight is 252 g/mol. The standard InChI is InChI=1S/C12H16N2O2S/c13-10-7-8(12(14)15)1-2-11(10)17-9-3-5-16-6-4-9/h1-2,7,9H,3-6,13H2,(H2,14,15). The van der Waals surface area contributed by atoms with Gasteiger partial charge in [-0.2, -0.15) is 0 Å². The highest BCUT2D eigenvalue weighted by atomic mass is 32.2. The fraction of sp³-hybridized carbons (Fsp3) is 0.417. The summed E-state index contributed by atoms with van der Waals surface area (Å²) < 4.78 is 5.31. The van der Waals surface area contributed by atoms with Crippen LogP contribution in [0.3, 0.4) is 0 Å². The second-order valence-electron chi connectivity index (χ2n) is 4.05. The molecule has 0 radical (unpaired) electrons. The monoisotopic (exact) mass is 252 g/mol. The van der Waals surface area contributed by atoms with E-state index >= 15 is 0 Å². The molecule has 0 atom stereocenters. The minimum absolute atomic E-state index is 0.445. The second kappa shape index (κ2) is 5.42. The summed E-state index contributed by atoms with van der Waals surface area (Å²) in [6, 6.07) is 5.24. The summed E-state index contributed by atoms with van der Waals surface area (Å²) in [7, 11) is 0. The van der Waals surface area contributed by atoms with E-state index in [2.05, 4.69) is 0 Å². The number of primary amides is 1. The van der Waals surface area contributed by atoms with Crippen LogP contribution in [0.15, 0.2) is 23.1 Å². The molecule has 1 heterocycles. The van der Waals surface area contributed by atoms with Gasteiger partial charge in [0.25, 0.3) is 0 Å². The Balaban J connectivity index is 2.08. The Morgan fingerprint density at radius 3 is 2.65 bits per heavy atom. The summed E-state index contributed by atoms with van der Waals surface area (Å²) >= 11 is 1.75. The van der Waals surface area contributed by atoms with Crippen LogP contribution in [0, 0.1) is 0 Å². The molecule has 1 aliphatic rings. The van der Waals surface area contributed by atoms with Crippen LogP contribution >= 0.6 is 11.8 Å². The number of amides is 1. The number of thioether (sulfide) groups is 1. The van der Waals surface area contributed by atoms with Gasteiger partial charge in [0.2, 0.25) is 5.91 Å². The van der Waals surface area contributed by atoms with Crippen molar-refractivity contribution in [2.24, 2.45) is 5.73 Å². The molecule has 0 spiro atoms. The molecule has 4 N–H and O–H groups in total. The quantitative estimate of drug-likeness (QED) is 0.802. The van der Waals surface area contributed by atoms with Crippen molar-refractivity contribution >= 4 is 23.4 Å². The molecule has 0 unspecified atom stereocenters. The molecule has 1 saturated heterocycles. The van der Waals surface area contributed by atoms with Crippen LogP contribution in [0.2, 0.25) is 0 Å². The highest BCUT2D eigenvalue weighted by Gasteiger charge is 2.16. The van der Waals surface area contributed by atoms with Crippen LogP contribution in [0.5, 0.6) is 0 Å². The molecule has 17 heavy (non-hydrogen) atoms. The van der Waals surface area contributed by atoms with Crippen LogP contribution in [0.4, 0.5) is 5.69 Å². The van der Waals surface area contributed by atoms with Crippen molar-refractivity contribution in [1.82, 2.24) is 0 Å². The summed E-state index contributed by atoms with van der Waals surface area (Å²) in [6.45, 7) is 1.63. The molecule has 0 bridgehead atoms. The molecule has 1 amide bonds. The summed E-state index contributed by atoms with van der Waals surface area (Å²) in [5.41, 5.74) is 12.2. The fourth-order valence-electron chi connectivity index (χ4n) is 1.78. The Labute approximate surface area is 105 Å². The van der Waals surface area contributed by atoms with E-state index < -0.39 is 5.91 Å². The Hall–Kier alpha value is -1.20. The minimum atomic E-state index is -0.445. The molecule has 1 aromatic rings. The first-order chi connectivity index (χ1) is 8.16. The van der Waals surface area contributed by atoms with E-state index in [1.807, 2.05) is 6.07 Å². The van der Waals surface area contributed by atoms with Crippen molar-refractivity contribution in [3.63, 3.8) is 0 Å². The van der Waals surface area contributed by atoms with Crippen LogP contribution in [0.25, 0.3) is 0 Å². The minimum Gasteiger partial charge on any atom is -0.398 e. The van der Waals surface area contributed by atoms with Crippen LogP contribution in [-0.2, 0) is 4.74 Å². The van der Waals surface area contributed by atoms with Gasteiger partial charge in [-0.1, -0.05) is 0 Å². The molecule has 1 aromatic carbocycles. The van der Waals surface area contributed by atoms with E-state index in [-0.39, 0.29) is 0 Å². The van der Waals surface area contributed by atoms with Crippen LogP contribution in [0.1, 0.15) is 23.2 Å². The van der Waals surface area contributed by atoms with Crippen molar-refractivity contribution in [3.05, 3.63) is 23.8 Å². The smallest absolute Gasteiger partial charge is 0.248 e. The third kappa shape index (κ3) is 3.14. The number of rotatable bonds is 3. The maximum Gasteiger partial charge on any atom is 0.248 e. The third-order valence-corrected chi connectivity index (χ3v) is 4.19. The van der Waals surface area contributed by atoms with Gasteiger partial charge in [-0.15, -0.1) is 11.8 Å². The summed E-state index contributed by atoms with van der Waals surface area (Å²) in [6.07, 6.45) is 2.09. The Bertz CT molecular complexity index is 417. The number of nitrogen functional groups attached to an aromatic ring is 1. The SMILES string of the molecule is NC(=O)c1ccc(SC2CCOCC2)c(N)c1. The summed E-state index contributed by atoms with van der Waals surface area (Å²) in [5, 5.41) is 0.547. The molecular formula is C12H16N2O2S. The number of nitrogens with two attached hydrogens (primary N) is 2. The first-order valence-corrected chi connectivity index (χ1v) is 6.48. The molecule has 92 valence electrons. The molecule has 0 aliphatic carbocycles. The number of carbonyl (C=O) groups excluding carboxylic acids is 1. The zero-order valence-corrected chi connectivity index (χ0v) is 10.3. The Morgan fingerprint density at radius 1 is 1.35 bits per heavy atom. The van der Waals surface area contributed by atoms with E-state index in [1.165, 1.54) is 0 Å². The largest absolute Gasteiger partial charge is 0.398 e. The topological polar surface area (TPSA) is 78.3 Å². The molecule has 1 fully saturated rings. The number of benzene rings is 1. The lowest BCUT2D eigenvalue weighted by Gasteiger charge is -2.22. The van der Waals surface area contributed by atoms with E-state index in [9.17, 15) is 4.79 Å². The predicted octanol–water partition coefficient (Wildman–Crippen LogP) is 1.64. The Kier molecular flexibility index (Phi) is 3.91. The lowest BCUT2D eigenvalue weighted by molar-refractivity contribution is 0.0998. The lowest BCUT2D eigenvalue weighted by atomic mass is 10.2. The molecule has 0 aromatic heterocycles. The number of carbonyl (C=O) groups is 1. The van der Waals surface area contributed by atoms with Crippen molar-refractivity contribution < 1.29 is 9.53 Å². The molecule has 0 saturated carbocycles. The Morgan fingerprint density at radius 2 is 2.06 bits per heavy atom. The number of hydrogen-bond acceptors (Lipinski definition) is 4.